The Balaban J connectivity index is 2.22. The molecule has 1 fully saturated rings. The lowest BCUT2D eigenvalue weighted by Crippen LogP contribution is -2.31. The van der Waals surface area contributed by atoms with Gasteiger partial charge in [-0.15, -0.1) is 0 Å². The average molecular weight is 270 g/mol. The Labute approximate surface area is 107 Å². The fraction of sp³-hybridized carbons (Fsp3) is 0.538. The Morgan fingerprint density at radius 2 is 1.78 bits per heavy atom. The molecule has 4 unspecified atom stereocenters. The van der Waals surface area contributed by atoms with Crippen LogP contribution in [0.25, 0.3) is 0 Å². The van der Waals surface area contributed by atoms with Gasteiger partial charge >= 0.3 is 0 Å². The molecule has 0 amide bonds. The van der Waals surface area contributed by atoms with Gasteiger partial charge in [0.25, 0.3) is 0 Å². The van der Waals surface area contributed by atoms with E-state index in [1.807, 2.05) is 0 Å². The smallest absolute Gasteiger partial charge is 0.238 e. The molecule has 18 heavy (non-hydrogen) atoms. The molecule has 0 saturated heterocycles. The lowest BCUT2D eigenvalue weighted by atomic mass is 9.97. The van der Waals surface area contributed by atoms with Crippen LogP contribution >= 0.6 is 7.37 Å². The molecule has 1 aliphatic rings. The van der Waals surface area contributed by atoms with Crippen LogP contribution in [-0.4, -0.2) is 26.9 Å². The molecular formula is C13H19O4P. The van der Waals surface area contributed by atoms with E-state index in [1.54, 1.807) is 30.3 Å². The molecule has 0 aliphatic heterocycles. The number of aliphatic hydroxyl groups is 2. The topological polar surface area (TPSA) is 77.8 Å². The van der Waals surface area contributed by atoms with Crippen molar-refractivity contribution in [2.45, 2.75) is 43.3 Å². The quantitative estimate of drug-likeness (QED) is 0.736. The van der Waals surface area contributed by atoms with Crippen LogP contribution in [0.4, 0.5) is 0 Å². The van der Waals surface area contributed by atoms with Crippen molar-refractivity contribution in [3.8, 4) is 0 Å². The van der Waals surface area contributed by atoms with Gasteiger partial charge in [-0.25, -0.2) is 0 Å². The molecular weight excluding hydrogens is 251 g/mol. The normalized spacial score (nSPS) is 29.5. The number of hydrogen-bond donors (Lipinski definition) is 3. The number of hydrogen-bond acceptors (Lipinski definition) is 3. The van der Waals surface area contributed by atoms with Crippen LogP contribution in [0.1, 0.15) is 37.1 Å². The first-order valence-electron chi connectivity index (χ1n) is 6.26. The van der Waals surface area contributed by atoms with E-state index in [0.29, 0.717) is 18.4 Å². The molecule has 0 heterocycles. The second kappa shape index (κ2) is 5.54. The van der Waals surface area contributed by atoms with Crippen LogP contribution in [0.2, 0.25) is 0 Å². The summed E-state index contributed by atoms with van der Waals surface area (Å²) >= 11 is 0. The van der Waals surface area contributed by atoms with Gasteiger partial charge in [0.1, 0.15) is 0 Å². The highest BCUT2D eigenvalue weighted by Crippen LogP contribution is 2.61. The summed E-state index contributed by atoms with van der Waals surface area (Å²) in [4.78, 5) is 10.2. The molecule has 0 aromatic heterocycles. The van der Waals surface area contributed by atoms with E-state index in [2.05, 4.69) is 0 Å². The maximum absolute atomic E-state index is 12.4. The van der Waals surface area contributed by atoms with E-state index in [0.717, 1.165) is 12.8 Å². The third-order valence-corrected chi connectivity index (χ3v) is 6.17. The third kappa shape index (κ3) is 2.67. The van der Waals surface area contributed by atoms with Gasteiger partial charge in [-0.3, -0.25) is 4.57 Å². The molecule has 1 aliphatic carbocycles. The van der Waals surface area contributed by atoms with Crippen LogP contribution in [0.5, 0.6) is 0 Å². The van der Waals surface area contributed by atoms with Crippen molar-refractivity contribution in [2.24, 2.45) is 0 Å². The molecule has 4 atom stereocenters. The average Bonchev–Trinajstić information content (AvgIpc) is 2.39. The summed E-state index contributed by atoms with van der Waals surface area (Å²) in [7, 11) is -3.83. The standard InChI is InChI=1S/C13H19O4P/c14-11-8-4-5-9-12(11)18(16,17)13(15)10-6-2-1-3-7-10/h1-3,6-7,11-15H,4-5,8-9H2,(H,16,17). The molecule has 0 bridgehead atoms. The van der Waals surface area contributed by atoms with E-state index >= 15 is 0 Å². The number of aliphatic hydroxyl groups excluding tert-OH is 2. The van der Waals surface area contributed by atoms with Crippen molar-refractivity contribution >= 4 is 7.37 Å². The summed E-state index contributed by atoms with van der Waals surface area (Å²) in [6.07, 6.45) is 1.95. The van der Waals surface area contributed by atoms with E-state index in [4.69, 9.17) is 0 Å². The van der Waals surface area contributed by atoms with Gasteiger partial charge in [-0.2, -0.15) is 0 Å². The maximum atomic E-state index is 12.4. The van der Waals surface area contributed by atoms with Crippen molar-refractivity contribution in [3.05, 3.63) is 35.9 Å². The van der Waals surface area contributed by atoms with Crippen molar-refractivity contribution in [3.63, 3.8) is 0 Å². The minimum Gasteiger partial charge on any atom is -0.392 e. The fourth-order valence-electron chi connectivity index (χ4n) is 2.54. The number of rotatable bonds is 3. The Morgan fingerprint density at radius 3 is 2.39 bits per heavy atom. The van der Waals surface area contributed by atoms with Crippen molar-refractivity contribution in [2.75, 3.05) is 0 Å². The van der Waals surface area contributed by atoms with E-state index in [1.165, 1.54) is 0 Å². The SMILES string of the molecule is O=P(O)(C(O)c1ccccc1)C1CCCCC1O. The molecule has 1 aromatic rings. The fourth-order valence-corrected chi connectivity index (χ4v) is 4.70. The summed E-state index contributed by atoms with van der Waals surface area (Å²) in [5, 5.41) is 20.0. The molecule has 1 aromatic carbocycles. The Kier molecular flexibility index (Phi) is 4.23. The molecule has 5 heteroatoms. The molecule has 0 spiro atoms. The van der Waals surface area contributed by atoms with Gasteiger partial charge < -0.3 is 15.1 Å². The predicted octanol–water partition coefficient (Wildman–Crippen LogP) is 2.25. The van der Waals surface area contributed by atoms with Crippen molar-refractivity contribution in [1.82, 2.24) is 0 Å². The van der Waals surface area contributed by atoms with Crippen LogP contribution in [0.3, 0.4) is 0 Å². The van der Waals surface area contributed by atoms with Gasteiger partial charge in [-0.05, 0) is 18.4 Å². The lowest BCUT2D eigenvalue weighted by molar-refractivity contribution is 0.122. The minimum absolute atomic E-state index is 0.432. The third-order valence-electron chi connectivity index (χ3n) is 3.62. The zero-order valence-electron chi connectivity index (χ0n) is 10.1. The largest absolute Gasteiger partial charge is 0.392 e. The summed E-state index contributed by atoms with van der Waals surface area (Å²) in [6, 6.07) is 8.48. The van der Waals surface area contributed by atoms with Crippen molar-refractivity contribution in [1.29, 1.82) is 0 Å². The van der Waals surface area contributed by atoms with Gasteiger partial charge in [-0.1, -0.05) is 43.2 Å². The van der Waals surface area contributed by atoms with Gasteiger partial charge in [0.05, 0.1) is 11.8 Å². The first-order valence-corrected chi connectivity index (χ1v) is 8.06. The highest BCUT2D eigenvalue weighted by Gasteiger charge is 2.43. The molecule has 0 radical (unpaired) electrons. The lowest BCUT2D eigenvalue weighted by Gasteiger charge is -2.33. The summed E-state index contributed by atoms with van der Waals surface area (Å²) in [6.45, 7) is 0. The van der Waals surface area contributed by atoms with Gasteiger partial charge in [0.15, 0.2) is 5.85 Å². The highest BCUT2D eigenvalue weighted by molar-refractivity contribution is 7.59. The second-order valence-corrected chi connectivity index (χ2v) is 7.37. The van der Waals surface area contributed by atoms with Crippen LogP contribution in [-0.2, 0) is 4.57 Å². The maximum Gasteiger partial charge on any atom is 0.238 e. The van der Waals surface area contributed by atoms with E-state index in [-0.39, 0.29) is 0 Å². The molecule has 1 saturated carbocycles. The van der Waals surface area contributed by atoms with Crippen LogP contribution in [0, 0.1) is 0 Å². The Hall–Kier alpha value is -0.670. The summed E-state index contributed by atoms with van der Waals surface area (Å²) in [5.74, 6) is -1.41. The zero-order chi connectivity index (χ0) is 13.2. The first kappa shape index (κ1) is 13.8. The van der Waals surface area contributed by atoms with E-state index in [9.17, 15) is 19.7 Å². The Bertz CT molecular complexity index is 434. The molecule has 100 valence electrons. The zero-order valence-corrected chi connectivity index (χ0v) is 11.0. The molecule has 4 nitrogen and oxygen atoms in total. The van der Waals surface area contributed by atoms with Crippen LogP contribution in [0.15, 0.2) is 30.3 Å². The molecule has 3 N–H and O–H groups in total. The monoisotopic (exact) mass is 270 g/mol. The molecule has 2 rings (SSSR count). The van der Waals surface area contributed by atoms with E-state index < -0.39 is 25.0 Å². The van der Waals surface area contributed by atoms with Crippen LogP contribution < -0.4 is 0 Å². The van der Waals surface area contributed by atoms with Crippen molar-refractivity contribution < 1.29 is 19.7 Å². The minimum atomic E-state index is -3.83. The van der Waals surface area contributed by atoms with Gasteiger partial charge in [0, 0.05) is 0 Å². The summed E-state index contributed by atoms with van der Waals surface area (Å²) < 4.78 is 12.4. The van der Waals surface area contributed by atoms with Gasteiger partial charge in [0.2, 0.25) is 7.37 Å². The second-order valence-electron chi connectivity index (χ2n) is 4.88. The highest BCUT2D eigenvalue weighted by atomic mass is 31.2. The Morgan fingerprint density at radius 1 is 1.17 bits per heavy atom. The summed E-state index contributed by atoms with van der Waals surface area (Å²) in [5.41, 5.74) is -0.275. The first-order chi connectivity index (χ1) is 8.53. The predicted molar refractivity (Wildman–Crippen MR) is 69.5 cm³/mol. The number of benzene rings is 1.